The third kappa shape index (κ3) is 18.3. The van der Waals surface area contributed by atoms with Crippen molar-refractivity contribution in [3.63, 3.8) is 0 Å². The van der Waals surface area contributed by atoms with E-state index in [0.717, 1.165) is 44.9 Å². The zero-order chi connectivity index (χ0) is 32.1. The summed E-state index contributed by atoms with van der Waals surface area (Å²) in [5.41, 5.74) is 24.0. The molecule has 0 saturated heterocycles. The van der Waals surface area contributed by atoms with Crippen molar-refractivity contribution in [2.75, 3.05) is 40.1 Å². The Morgan fingerprint density at radius 1 is 0.738 bits per heavy atom. The Bertz CT molecular complexity index is 1250. The number of nitrogens with two attached hydrogens (primary N) is 4. The molecule has 0 fully saturated rings. The average molecular weight is 778 g/mol. The first kappa shape index (κ1) is 38.8. The Morgan fingerprint density at radius 2 is 1.21 bits per heavy atom. The van der Waals surface area contributed by atoms with E-state index in [1.807, 2.05) is 19.9 Å². The summed E-state index contributed by atoms with van der Waals surface area (Å²) >= 11 is 9.80. The zero-order valence-corrected chi connectivity index (χ0v) is 28.7. The number of unbranched alkanes of at least 4 members (excludes halogenated alkanes) is 1. The number of nitrogen functional groups attached to an aromatic ring is 4. The number of nitrogens with one attached hydrogen (secondary N) is 2. The van der Waals surface area contributed by atoms with Crippen molar-refractivity contribution in [3.05, 3.63) is 50.2 Å². The van der Waals surface area contributed by atoms with Gasteiger partial charge in [0.15, 0.2) is 0 Å². The second kappa shape index (κ2) is 22.4. The SMILES string of the molecule is CCCC(=O)Nc1cc(Br)cnc1N.CCCC(=O)O.CCCCNc1cc(Br)cnc1N.Nc1cc(Br)cnc1N. The molecule has 232 valence electrons. The molecule has 12 nitrogen and oxygen atoms in total. The number of anilines is 6. The van der Waals surface area contributed by atoms with Crippen molar-refractivity contribution in [2.45, 2.75) is 59.3 Å². The van der Waals surface area contributed by atoms with Crippen LogP contribution in [0.4, 0.5) is 34.5 Å². The van der Waals surface area contributed by atoms with Gasteiger partial charge in [-0.15, -0.1) is 0 Å². The largest absolute Gasteiger partial charge is 0.481 e. The quantitative estimate of drug-likeness (QED) is 0.114. The standard InChI is InChI=1S/C9H12BrN3O.C9H14BrN3.C5H6BrN3.C4H8O2/c1-2-3-8(14)13-7-4-6(10)5-12-9(7)11;1-2-3-4-12-8-5-7(10)6-13-9(8)11;6-3-1-4(7)5(8)9-2-3;1-2-3-4(5)6/h4-5H,2-3H2,1H3,(H2,11,12)(H,13,14);5-6,12H,2-4H2,1H3,(H2,11,13);1-2H,7H2,(H2,8,9);2-3H2,1H3,(H,5,6). The molecule has 0 bridgehead atoms. The number of carbonyl (C=O) groups excluding carboxylic acids is 1. The molecule has 0 unspecified atom stereocenters. The number of amides is 1. The van der Waals surface area contributed by atoms with Crippen molar-refractivity contribution < 1.29 is 14.7 Å². The number of nitrogens with zero attached hydrogens (tertiary/aromatic N) is 3. The molecule has 0 aliphatic rings. The van der Waals surface area contributed by atoms with Crippen molar-refractivity contribution in [1.82, 2.24) is 15.0 Å². The number of hydrogen-bond acceptors (Lipinski definition) is 10. The topological polar surface area (TPSA) is 221 Å². The van der Waals surface area contributed by atoms with E-state index >= 15 is 0 Å². The molecule has 1 amide bonds. The van der Waals surface area contributed by atoms with Gasteiger partial charge < -0.3 is 38.7 Å². The van der Waals surface area contributed by atoms with Crippen molar-refractivity contribution in [2.24, 2.45) is 0 Å². The Hall–Kier alpha value is -3.17. The maximum Gasteiger partial charge on any atom is 0.303 e. The van der Waals surface area contributed by atoms with Gasteiger partial charge in [-0.05, 0) is 85.3 Å². The van der Waals surface area contributed by atoms with Crippen molar-refractivity contribution >= 4 is 94.2 Å². The van der Waals surface area contributed by atoms with Crippen LogP contribution in [0.25, 0.3) is 0 Å². The van der Waals surface area contributed by atoms with Gasteiger partial charge in [-0.3, -0.25) is 9.59 Å². The van der Waals surface area contributed by atoms with Crippen LogP contribution < -0.4 is 33.6 Å². The normalized spacial score (nSPS) is 9.57. The van der Waals surface area contributed by atoms with Crippen LogP contribution in [0.3, 0.4) is 0 Å². The second-order valence-electron chi connectivity index (χ2n) is 8.52. The number of pyridine rings is 3. The highest BCUT2D eigenvalue weighted by atomic mass is 79.9. The predicted molar refractivity (Wildman–Crippen MR) is 183 cm³/mol. The maximum absolute atomic E-state index is 11.3. The lowest BCUT2D eigenvalue weighted by Crippen LogP contribution is -2.12. The number of aromatic nitrogens is 3. The van der Waals surface area contributed by atoms with Gasteiger partial charge in [0, 0.05) is 51.4 Å². The molecule has 15 heteroatoms. The summed E-state index contributed by atoms with van der Waals surface area (Å²) in [5.74, 6) is 0.506. The first-order valence-electron chi connectivity index (χ1n) is 13.1. The minimum atomic E-state index is -0.711. The third-order valence-corrected chi connectivity index (χ3v) is 6.05. The van der Waals surface area contributed by atoms with Crippen LogP contribution >= 0.6 is 47.8 Å². The van der Waals surface area contributed by atoms with E-state index < -0.39 is 5.97 Å². The Morgan fingerprint density at radius 3 is 1.64 bits per heavy atom. The molecular formula is C27H40Br3N9O3. The summed E-state index contributed by atoms with van der Waals surface area (Å²) in [6.07, 6.45) is 9.53. The summed E-state index contributed by atoms with van der Waals surface area (Å²) in [6.45, 7) is 6.89. The first-order chi connectivity index (χ1) is 19.8. The van der Waals surface area contributed by atoms with Gasteiger partial charge in [-0.2, -0.15) is 0 Å². The Kier molecular flexibility index (Phi) is 20.7. The van der Waals surface area contributed by atoms with Gasteiger partial charge in [-0.1, -0.05) is 27.2 Å². The summed E-state index contributed by atoms with van der Waals surface area (Å²) < 4.78 is 2.58. The number of carbonyl (C=O) groups is 2. The van der Waals surface area contributed by atoms with E-state index in [1.54, 1.807) is 30.7 Å². The average Bonchev–Trinajstić information content (AvgIpc) is 2.92. The molecular weight excluding hydrogens is 738 g/mol. The molecule has 42 heavy (non-hydrogen) atoms. The van der Waals surface area contributed by atoms with Gasteiger partial charge in [0.25, 0.3) is 0 Å². The van der Waals surface area contributed by atoms with Crippen LogP contribution in [0.2, 0.25) is 0 Å². The van der Waals surface area contributed by atoms with Gasteiger partial charge >= 0.3 is 5.97 Å². The van der Waals surface area contributed by atoms with E-state index in [9.17, 15) is 9.59 Å². The number of carboxylic acid groups (broad SMARTS) is 1. The molecule has 0 aromatic carbocycles. The molecule has 3 aromatic rings. The smallest absolute Gasteiger partial charge is 0.303 e. The summed E-state index contributed by atoms with van der Waals surface area (Å²) in [4.78, 5) is 32.6. The van der Waals surface area contributed by atoms with Crippen LogP contribution in [0.15, 0.2) is 50.2 Å². The summed E-state index contributed by atoms with van der Waals surface area (Å²) in [5, 5.41) is 13.8. The number of rotatable bonds is 9. The Labute approximate surface area is 272 Å². The van der Waals surface area contributed by atoms with Crippen LogP contribution in [0.1, 0.15) is 59.3 Å². The summed E-state index contributed by atoms with van der Waals surface area (Å²) in [6, 6.07) is 5.39. The predicted octanol–water partition coefficient (Wildman–Crippen LogP) is 6.68. The van der Waals surface area contributed by atoms with Gasteiger partial charge in [0.05, 0.1) is 17.1 Å². The number of carboxylic acids is 1. The molecule has 3 heterocycles. The fourth-order valence-corrected chi connectivity index (χ4v) is 3.67. The fourth-order valence-electron chi connectivity index (χ4n) is 2.66. The third-order valence-electron chi connectivity index (χ3n) is 4.75. The molecule has 0 atom stereocenters. The molecule has 0 radical (unpaired) electrons. The number of aliphatic carboxylic acids is 1. The molecule has 0 aliphatic carbocycles. The highest BCUT2D eigenvalue weighted by molar-refractivity contribution is 9.11. The summed E-state index contributed by atoms with van der Waals surface area (Å²) in [7, 11) is 0. The second-order valence-corrected chi connectivity index (χ2v) is 11.3. The number of hydrogen-bond donors (Lipinski definition) is 7. The van der Waals surface area contributed by atoms with E-state index in [4.69, 9.17) is 28.0 Å². The van der Waals surface area contributed by atoms with Gasteiger partial charge in [-0.25, -0.2) is 15.0 Å². The van der Waals surface area contributed by atoms with E-state index in [1.165, 1.54) is 6.42 Å². The molecule has 3 rings (SSSR count). The van der Waals surface area contributed by atoms with Crippen molar-refractivity contribution in [3.8, 4) is 0 Å². The number of halogens is 3. The van der Waals surface area contributed by atoms with Crippen LogP contribution in [-0.4, -0.2) is 38.5 Å². The molecule has 0 saturated carbocycles. The minimum Gasteiger partial charge on any atom is -0.481 e. The van der Waals surface area contributed by atoms with E-state index in [-0.39, 0.29) is 5.91 Å². The van der Waals surface area contributed by atoms with Crippen molar-refractivity contribution in [1.29, 1.82) is 0 Å². The molecule has 11 N–H and O–H groups in total. The molecule has 0 aliphatic heterocycles. The lowest BCUT2D eigenvalue weighted by Gasteiger charge is -2.07. The fraction of sp³-hybridized carbons (Fsp3) is 0.370. The highest BCUT2D eigenvalue weighted by Crippen LogP contribution is 2.21. The van der Waals surface area contributed by atoms with Crippen LogP contribution in [0, 0.1) is 0 Å². The monoisotopic (exact) mass is 775 g/mol. The maximum atomic E-state index is 11.3. The highest BCUT2D eigenvalue weighted by Gasteiger charge is 2.05. The minimum absolute atomic E-state index is 0.0425. The van der Waals surface area contributed by atoms with Crippen LogP contribution in [-0.2, 0) is 9.59 Å². The molecule has 3 aromatic heterocycles. The zero-order valence-electron chi connectivity index (χ0n) is 24.0. The lowest BCUT2D eigenvalue weighted by atomic mass is 10.3. The van der Waals surface area contributed by atoms with Gasteiger partial charge in [0.1, 0.15) is 17.5 Å². The Balaban J connectivity index is 0.000000558. The molecule has 0 spiro atoms. The van der Waals surface area contributed by atoms with Gasteiger partial charge in [0.2, 0.25) is 5.91 Å². The first-order valence-corrected chi connectivity index (χ1v) is 15.5. The van der Waals surface area contributed by atoms with Crippen LogP contribution in [0.5, 0.6) is 0 Å². The van der Waals surface area contributed by atoms with E-state index in [2.05, 4.69) is 80.3 Å². The van der Waals surface area contributed by atoms with E-state index in [0.29, 0.717) is 41.7 Å². The lowest BCUT2D eigenvalue weighted by molar-refractivity contribution is -0.137.